The first-order chi connectivity index (χ1) is 7.67. The number of carbonyl (C=O) groups excluding carboxylic acids is 1. The summed E-state index contributed by atoms with van der Waals surface area (Å²) < 4.78 is 4.94. The molecule has 1 rings (SSSR count). The molecule has 0 heterocycles. The van der Waals surface area contributed by atoms with Crippen LogP contribution in [0.15, 0.2) is 0 Å². The van der Waals surface area contributed by atoms with Crippen molar-refractivity contribution in [1.29, 1.82) is 0 Å². The van der Waals surface area contributed by atoms with E-state index >= 15 is 0 Å². The largest absolute Gasteiger partial charge is 0.396 e. The van der Waals surface area contributed by atoms with Crippen molar-refractivity contribution in [2.45, 2.75) is 31.8 Å². The Morgan fingerprint density at radius 1 is 1.56 bits per heavy atom. The quantitative estimate of drug-likeness (QED) is 0.581. The summed E-state index contributed by atoms with van der Waals surface area (Å²) in [5.41, 5.74) is 5.28. The van der Waals surface area contributed by atoms with Gasteiger partial charge in [0.2, 0.25) is 5.91 Å². The zero-order valence-electron chi connectivity index (χ0n) is 9.87. The average molecular weight is 230 g/mol. The molecule has 0 aromatic heterocycles. The third kappa shape index (κ3) is 3.17. The number of ether oxygens (including phenoxy) is 1. The average Bonchev–Trinajstić information content (AvgIpc) is 2.77. The highest BCUT2D eigenvalue weighted by Crippen LogP contribution is 2.36. The number of nitrogens with one attached hydrogen (secondary N) is 1. The lowest BCUT2D eigenvalue weighted by atomic mass is 9.87. The first-order valence-electron chi connectivity index (χ1n) is 5.79. The normalized spacial score (nSPS) is 20.7. The molecule has 1 atom stereocenters. The highest BCUT2D eigenvalue weighted by molar-refractivity contribution is 5.81. The van der Waals surface area contributed by atoms with Crippen molar-refractivity contribution >= 4 is 5.91 Å². The second-order valence-electron chi connectivity index (χ2n) is 4.54. The highest BCUT2D eigenvalue weighted by atomic mass is 16.5. The second kappa shape index (κ2) is 6.18. The van der Waals surface area contributed by atoms with E-state index in [1.165, 1.54) is 7.11 Å². The predicted molar refractivity (Wildman–Crippen MR) is 60.8 cm³/mol. The van der Waals surface area contributed by atoms with E-state index in [1.54, 1.807) is 0 Å². The minimum atomic E-state index is -0.586. The summed E-state index contributed by atoms with van der Waals surface area (Å²) >= 11 is 0. The zero-order chi connectivity index (χ0) is 12.0. The Balaban J connectivity index is 2.40. The summed E-state index contributed by atoms with van der Waals surface area (Å²) in [5.74, 6) is -0.190. The van der Waals surface area contributed by atoms with Gasteiger partial charge in [-0.25, -0.2) is 0 Å². The van der Waals surface area contributed by atoms with E-state index < -0.39 is 6.10 Å². The maximum Gasteiger partial charge on any atom is 0.250 e. The van der Waals surface area contributed by atoms with Crippen molar-refractivity contribution in [3.05, 3.63) is 0 Å². The zero-order valence-corrected chi connectivity index (χ0v) is 9.87. The van der Waals surface area contributed by atoms with Gasteiger partial charge in [-0.2, -0.15) is 0 Å². The topological polar surface area (TPSA) is 84.6 Å². The van der Waals surface area contributed by atoms with E-state index in [0.717, 1.165) is 25.7 Å². The Labute approximate surface area is 96.3 Å². The van der Waals surface area contributed by atoms with Crippen LogP contribution < -0.4 is 11.1 Å². The molecule has 0 radical (unpaired) electrons. The smallest absolute Gasteiger partial charge is 0.250 e. The summed E-state index contributed by atoms with van der Waals surface area (Å²) in [5, 5.41) is 12.2. The maximum absolute atomic E-state index is 11.6. The van der Waals surface area contributed by atoms with E-state index in [2.05, 4.69) is 5.32 Å². The number of methoxy groups -OCH3 is 1. The second-order valence-corrected chi connectivity index (χ2v) is 4.54. The van der Waals surface area contributed by atoms with Gasteiger partial charge in [0.15, 0.2) is 0 Å². The van der Waals surface area contributed by atoms with Gasteiger partial charge in [0, 0.05) is 25.6 Å². The van der Waals surface area contributed by atoms with Crippen LogP contribution in [-0.2, 0) is 9.53 Å². The fourth-order valence-corrected chi connectivity index (χ4v) is 2.21. The van der Waals surface area contributed by atoms with Gasteiger partial charge in [-0.15, -0.1) is 0 Å². The van der Waals surface area contributed by atoms with Crippen LogP contribution in [0, 0.1) is 5.41 Å². The van der Waals surface area contributed by atoms with E-state index in [0.29, 0.717) is 6.54 Å². The highest BCUT2D eigenvalue weighted by Gasteiger charge is 2.33. The predicted octanol–water partition coefficient (Wildman–Crippen LogP) is -0.371. The molecule has 0 aliphatic heterocycles. The van der Waals surface area contributed by atoms with Crippen molar-refractivity contribution in [3.8, 4) is 0 Å². The molecular formula is C11H22N2O3. The number of carbonyl (C=O) groups is 1. The summed E-state index contributed by atoms with van der Waals surface area (Å²) in [7, 11) is 1.47. The number of aliphatic hydroxyl groups excluding tert-OH is 1. The van der Waals surface area contributed by atoms with Gasteiger partial charge < -0.3 is 20.9 Å². The van der Waals surface area contributed by atoms with Crippen LogP contribution in [0.1, 0.15) is 25.7 Å². The molecule has 1 aliphatic carbocycles. The first-order valence-corrected chi connectivity index (χ1v) is 5.79. The Hall–Kier alpha value is -0.650. The SMILES string of the molecule is COC(CN)C(=O)NCC1(CO)CCCC1. The third-order valence-corrected chi connectivity index (χ3v) is 3.43. The van der Waals surface area contributed by atoms with Crippen LogP contribution in [0.25, 0.3) is 0 Å². The molecule has 1 saturated carbocycles. The van der Waals surface area contributed by atoms with Gasteiger partial charge >= 0.3 is 0 Å². The van der Waals surface area contributed by atoms with Crippen LogP contribution in [0.4, 0.5) is 0 Å². The molecule has 0 spiro atoms. The minimum absolute atomic E-state index is 0.122. The Morgan fingerprint density at radius 3 is 2.62 bits per heavy atom. The first kappa shape index (κ1) is 13.4. The summed E-state index contributed by atoms with van der Waals surface area (Å²) in [4.78, 5) is 11.6. The molecule has 94 valence electrons. The van der Waals surface area contributed by atoms with Gasteiger partial charge in [0.25, 0.3) is 0 Å². The summed E-state index contributed by atoms with van der Waals surface area (Å²) in [6.07, 6.45) is 3.62. The molecule has 0 saturated heterocycles. The van der Waals surface area contributed by atoms with Crippen molar-refractivity contribution in [2.75, 3.05) is 26.8 Å². The lowest BCUT2D eigenvalue weighted by Gasteiger charge is -2.27. The number of hydrogen-bond donors (Lipinski definition) is 3. The number of aliphatic hydroxyl groups is 1. The molecule has 0 aromatic rings. The van der Waals surface area contributed by atoms with E-state index in [1.807, 2.05) is 0 Å². The molecule has 16 heavy (non-hydrogen) atoms. The maximum atomic E-state index is 11.6. The van der Waals surface area contributed by atoms with Gasteiger partial charge in [-0.05, 0) is 12.8 Å². The van der Waals surface area contributed by atoms with Crippen molar-refractivity contribution < 1.29 is 14.6 Å². The van der Waals surface area contributed by atoms with Crippen LogP contribution >= 0.6 is 0 Å². The summed E-state index contributed by atoms with van der Waals surface area (Å²) in [6.45, 7) is 0.824. The Morgan fingerprint density at radius 2 is 2.19 bits per heavy atom. The molecule has 1 unspecified atom stereocenters. The van der Waals surface area contributed by atoms with Crippen molar-refractivity contribution in [3.63, 3.8) is 0 Å². The third-order valence-electron chi connectivity index (χ3n) is 3.43. The van der Waals surface area contributed by atoms with Crippen LogP contribution in [-0.4, -0.2) is 43.9 Å². The number of rotatable bonds is 6. The number of hydrogen-bond acceptors (Lipinski definition) is 4. The van der Waals surface area contributed by atoms with E-state index in [4.69, 9.17) is 10.5 Å². The number of nitrogens with two attached hydrogens (primary N) is 1. The molecule has 0 aromatic carbocycles. The molecule has 5 nitrogen and oxygen atoms in total. The Bertz CT molecular complexity index is 223. The molecular weight excluding hydrogens is 208 g/mol. The van der Waals surface area contributed by atoms with Crippen molar-refractivity contribution in [1.82, 2.24) is 5.32 Å². The fourth-order valence-electron chi connectivity index (χ4n) is 2.21. The lowest BCUT2D eigenvalue weighted by Crippen LogP contribution is -2.45. The van der Waals surface area contributed by atoms with Crippen LogP contribution in [0.5, 0.6) is 0 Å². The monoisotopic (exact) mass is 230 g/mol. The van der Waals surface area contributed by atoms with Crippen LogP contribution in [0.2, 0.25) is 0 Å². The standard InChI is InChI=1S/C11H22N2O3/c1-16-9(6-12)10(15)13-7-11(8-14)4-2-3-5-11/h9,14H,2-8,12H2,1H3,(H,13,15). The molecule has 1 aliphatic rings. The van der Waals surface area contributed by atoms with Gasteiger partial charge in [0.1, 0.15) is 6.10 Å². The van der Waals surface area contributed by atoms with E-state index in [9.17, 15) is 9.90 Å². The Kier molecular flexibility index (Phi) is 5.18. The minimum Gasteiger partial charge on any atom is -0.396 e. The van der Waals surface area contributed by atoms with Crippen molar-refractivity contribution in [2.24, 2.45) is 11.1 Å². The molecule has 4 N–H and O–H groups in total. The van der Waals surface area contributed by atoms with Gasteiger partial charge in [-0.1, -0.05) is 12.8 Å². The fraction of sp³-hybridized carbons (Fsp3) is 0.909. The van der Waals surface area contributed by atoms with E-state index in [-0.39, 0.29) is 24.5 Å². The molecule has 0 bridgehead atoms. The van der Waals surface area contributed by atoms with Gasteiger partial charge in [0.05, 0.1) is 6.61 Å². The number of amides is 1. The lowest BCUT2D eigenvalue weighted by molar-refractivity contribution is -0.131. The van der Waals surface area contributed by atoms with Gasteiger partial charge in [-0.3, -0.25) is 4.79 Å². The molecule has 5 heteroatoms. The summed E-state index contributed by atoms with van der Waals surface area (Å²) in [6, 6.07) is 0. The van der Waals surface area contributed by atoms with Crippen LogP contribution in [0.3, 0.4) is 0 Å². The molecule has 1 amide bonds. The molecule has 1 fully saturated rings.